The van der Waals surface area contributed by atoms with Gasteiger partial charge in [0, 0.05) is 52.1 Å². The fraction of sp³-hybridized carbons (Fsp3) is 0.375. The van der Waals surface area contributed by atoms with Crippen LogP contribution in [0.2, 0.25) is 0 Å². The van der Waals surface area contributed by atoms with Gasteiger partial charge < -0.3 is 9.64 Å². The van der Waals surface area contributed by atoms with Crippen LogP contribution >= 0.6 is 0 Å². The van der Waals surface area contributed by atoms with Crippen molar-refractivity contribution in [2.24, 2.45) is 4.99 Å². The predicted octanol–water partition coefficient (Wildman–Crippen LogP) is 4.94. The van der Waals surface area contributed by atoms with Crippen LogP contribution in [-0.2, 0) is 4.74 Å². The molecule has 3 aromatic carbocycles. The van der Waals surface area contributed by atoms with E-state index >= 15 is 0 Å². The van der Waals surface area contributed by atoms with Crippen LogP contribution in [0.15, 0.2) is 96.0 Å². The van der Waals surface area contributed by atoms with Gasteiger partial charge in [-0.25, -0.2) is 10.2 Å². The molecule has 0 bridgehead atoms. The molecule has 2 saturated heterocycles. The first-order valence-electron chi connectivity index (χ1n) is 14.0. The average Bonchev–Trinajstić information content (AvgIpc) is 3.36. The van der Waals surface area contributed by atoms with E-state index < -0.39 is 0 Å². The lowest BCUT2D eigenvalue weighted by molar-refractivity contribution is 0.0350. The largest absolute Gasteiger partial charge is 0.379 e. The Morgan fingerprint density at radius 2 is 1.51 bits per heavy atom. The molecule has 3 aromatic rings. The first kappa shape index (κ1) is 27.1. The number of ether oxygens (including phenoxy) is 1. The fourth-order valence-corrected chi connectivity index (χ4v) is 5.42. The number of hydrazine groups is 1. The Kier molecular flexibility index (Phi) is 9.38. The Morgan fingerprint density at radius 3 is 2.13 bits per heavy atom. The van der Waals surface area contributed by atoms with Crippen molar-refractivity contribution in [2.75, 3.05) is 53.0 Å². The number of hydrogen-bond acceptors (Lipinski definition) is 4. The summed E-state index contributed by atoms with van der Waals surface area (Å²) < 4.78 is 5.52. The molecule has 2 aliphatic heterocycles. The van der Waals surface area contributed by atoms with Crippen LogP contribution in [0, 0.1) is 0 Å². The molecular weight excluding hydrogens is 486 g/mol. The van der Waals surface area contributed by atoms with Crippen molar-refractivity contribution in [3.05, 3.63) is 108 Å². The van der Waals surface area contributed by atoms with Crippen molar-refractivity contribution >= 4 is 11.9 Å². The van der Waals surface area contributed by atoms with Gasteiger partial charge in [0.2, 0.25) is 0 Å². The number of hydrogen-bond donors (Lipinski definition) is 1. The maximum Gasteiger partial charge on any atom is 0.345 e. The van der Waals surface area contributed by atoms with E-state index in [2.05, 4.69) is 88.1 Å². The zero-order chi connectivity index (χ0) is 26.9. The molecule has 1 unspecified atom stereocenters. The highest BCUT2D eigenvalue weighted by molar-refractivity contribution is 5.94. The van der Waals surface area contributed by atoms with Gasteiger partial charge in [-0.2, -0.15) is 4.99 Å². The zero-order valence-electron chi connectivity index (χ0n) is 22.8. The Hall–Kier alpha value is -3.52. The summed E-state index contributed by atoms with van der Waals surface area (Å²) in [7, 11) is 1.94. The normalized spacial score (nSPS) is 19.1. The summed E-state index contributed by atoms with van der Waals surface area (Å²) in [5, 5.41) is 1.90. The van der Waals surface area contributed by atoms with Gasteiger partial charge >= 0.3 is 6.03 Å². The zero-order valence-corrected chi connectivity index (χ0v) is 22.8. The summed E-state index contributed by atoms with van der Waals surface area (Å²) in [5.74, 6) is 0.977. The molecule has 7 nitrogen and oxygen atoms in total. The number of morpholine rings is 1. The molecule has 0 aromatic heterocycles. The van der Waals surface area contributed by atoms with Crippen LogP contribution in [0.1, 0.15) is 41.5 Å². The number of urea groups is 1. The average molecular weight is 526 g/mol. The van der Waals surface area contributed by atoms with E-state index in [0.717, 1.165) is 45.1 Å². The van der Waals surface area contributed by atoms with Crippen molar-refractivity contribution in [2.45, 2.75) is 24.8 Å². The minimum atomic E-state index is -0.166. The topological polar surface area (TPSA) is 60.4 Å². The van der Waals surface area contributed by atoms with Gasteiger partial charge in [0.15, 0.2) is 0 Å². The summed E-state index contributed by atoms with van der Waals surface area (Å²) in [6.45, 7) is 5.40. The molecule has 204 valence electrons. The minimum absolute atomic E-state index is 0.116. The lowest BCUT2D eigenvalue weighted by Gasteiger charge is -2.30. The number of carbonyl (C=O) groups excluding carboxylic acids is 1. The number of amidine groups is 1. The van der Waals surface area contributed by atoms with Gasteiger partial charge in [-0.3, -0.25) is 9.91 Å². The third-order valence-electron chi connectivity index (χ3n) is 7.70. The summed E-state index contributed by atoms with van der Waals surface area (Å²) in [4.78, 5) is 22.6. The molecule has 1 atom stereocenters. The Bertz CT molecular complexity index is 1160. The smallest absolute Gasteiger partial charge is 0.345 e. The molecule has 2 fully saturated rings. The highest BCUT2D eigenvalue weighted by Crippen LogP contribution is 2.28. The van der Waals surface area contributed by atoms with Crippen molar-refractivity contribution in [1.29, 1.82) is 0 Å². The molecule has 39 heavy (non-hydrogen) atoms. The SMILES string of the molecule is CN1NC(c2ccccc2)CC1=NC(=O)N(CCC(c1ccccc1)c1ccccc1)CCN1CCOCC1. The first-order valence-corrected chi connectivity index (χ1v) is 14.0. The van der Waals surface area contributed by atoms with Crippen molar-refractivity contribution in [3.63, 3.8) is 0 Å². The second-order valence-electron chi connectivity index (χ2n) is 10.3. The molecule has 2 heterocycles. The molecule has 0 spiro atoms. The van der Waals surface area contributed by atoms with E-state index in [0.29, 0.717) is 19.5 Å². The molecular formula is C32H39N5O2. The number of amides is 2. The quantitative estimate of drug-likeness (QED) is 0.429. The minimum Gasteiger partial charge on any atom is -0.379 e. The highest BCUT2D eigenvalue weighted by Gasteiger charge is 2.28. The molecule has 1 N–H and O–H groups in total. The summed E-state index contributed by atoms with van der Waals surface area (Å²) in [5.41, 5.74) is 7.17. The van der Waals surface area contributed by atoms with Crippen LogP contribution in [-0.4, -0.2) is 79.7 Å². The Morgan fingerprint density at radius 1 is 0.923 bits per heavy atom. The summed E-state index contributed by atoms with van der Waals surface area (Å²) in [6.07, 6.45) is 1.51. The second kappa shape index (κ2) is 13.5. The number of nitrogens with zero attached hydrogens (tertiary/aromatic N) is 4. The van der Waals surface area contributed by atoms with E-state index in [1.54, 1.807) is 0 Å². The Labute approximate surface area is 232 Å². The monoisotopic (exact) mass is 525 g/mol. The molecule has 2 aliphatic rings. The number of benzene rings is 3. The number of carbonyl (C=O) groups is 1. The summed E-state index contributed by atoms with van der Waals surface area (Å²) in [6, 6.07) is 31.4. The van der Waals surface area contributed by atoms with Gasteiger partial charge in [-0.15, -0.1) is 0 Å². The lowest BCUT2D eigenvalue weighted by atomic mass is 9.88. The molecule has 0 aliphatic carbocycles. The van der Waals surface area contributed by atoms with Crippen LogP contribution in [0.25, 0.3) is 0 Å². The molecule has 5 rings (SSSR count). The third kappa shape index (κ3) is 7.32. The number of rotatable bonds is 9. The molecule has 0 radical (unpaired) electrons. The third-order valence-corrected chi connectivity index (χ3v) is 7.70. The van der Waals surface area contributed by atoms with E-state index in [-0.39, 0.29) is 18.0 Å². The van der Waals surface area contributed by atoms with Gasteiger partial charge in [0.25, 0.3) is 0 Å². The van der Waals surface area contributed by atoms with Crippen molar-refractivity contribution in [3.8, 4) is 0 Å². The fourth-order valence-electron chi connectivity index (χ4n) is 5.42. The van der Waals surface area contributed by atoms with Gasteiger partial charge in [-0.1, -0.05) is 91.0 Å². The standard InChI is InChI=1S/C32H39N5O2/c1-35-31(25-30(34-35)28-15-9-4-10-16-28)33-32(38)37(20-19-36-21-23-39-24-22-36)18-17-29(26-11-5-2-6-12-26)27-13-7-3-8-14-27/h2-16,29-30,34H,17-25H2,1H3. The molecule has 2 amide bonds. The van der Waals surface area contributed by atoms with Crippen molar-refractivity contribution < 1.29 is 9.53 Å². The summed E-state index contributed by atoms with van der Waals surface area (Å²) >= 11 is 0. The number of nitrogens with one attached hydrogen (secondary N) is 1. The highest BCUT2D eigenvalue weighted by atomic mass is 16.5. The Balaban J connectivity index is 1.32. The maximum atomic E-state index is 13.7. The predicted molar refractivity (Wildman–Crippen MR) is 156 cm³/mol. The van der Waals surface area contributed by atoms with Gasteiger partial charge in [0.05, 0.1) is 19.3 Å². The van der Waals surface area contributed by atoms with Gasteiger partial charge in [-0.05, 0) is 23.1 Å². The van der Waals surface area contributed by atoms with Crippen LogP contribution in [0.4, 0.5) is 4.79 Å². The lowest BCUT2D eigenvalue weighted by Crippen LogP contribution is -2.43. The second-order valence-corrected chi connectivity index (χ2v) is 10.3. The van der Waals surface area contributed by atoms with E-state index in [9.17, 15) is 4.79 Å². The molecule has 0 saturated carbocycles. The van der Waals surface area contributed by atoms with E-state index in [1.165, 1.54) is 16.7 Å². The van der Waals surface area contributed by atoms with E-state index in [1.807, 2.05) is 35.2 Å². The maximum absolute atomic E-state index is 13.7. The molecule has 7 heteroatoms. The number of aliphatic imine (C=N–C) groups is 1. The van der Waals surface area contributed by atoms with Crippen LogP contribution < -0.4 is 5.43 Å². The van der Waals surface area contributed by atoms with E-state index in [4.69, 9.17) is 4.74 Å². The first-order chi connectivity index (χ1) is 19.2. The van der Waals surface area contributed by atoms with Gasteiger partial charge in [0.1, 0.15) is 5.84 Å². The van der Waals surface area contributed by atoms with Crippen LogP contribution in [0.5, 0.6) is 0 Å². The van der Waals surface area contributed by atoms with Crippen molar-refractivity contribution in [1.82, 2.24) is 20.2 Å². The van der Waals surface area contributed by atoms with Crippen LogP contribution in [0.3, 0.4) is 0 Å².